The molecule has 0 bridgehead atoms. The van der Waals surface area contributed by atoms with E-state index in [1.165, 1.54) is 6.42 Å². The normalized spacial score (nSPS) is 16.1. The van der Waals surface area contributed by atoms with Gasteiger partial charge in [0.2, 0.25) is 5.91 Å². The Bertz CT molecular complexity index is 1460. The predicted octanol–water partition coefficient (Wildman–Crippen LogP) is 6.12. The van der Waals surface area contributed by atoms with Crippen molar-refractivity contribution in [2.45, 2.75) is 69.9 Å². The smallest absolute Gasteiger partial charge is 0.408 e. The van der Waals surface area contributed by atoms with Gasteiger partial charge in [-0.3, -0.25) is 9.78 Å². The summed E-state index contributed by atoms with van der Waals surface area (Å²) in [5.74, 6) is -0.244. The predicted molar refractivity (Wildman–Crippen MR) is 157 cm³/mol. The van der Waals surface area contributed by atoms with Gasteiger partial charge in [-0.15, -0.1) is 0 Å². The van der Waals surface area contributed by atoms with Gasteiger partial charge in [0.25, 0.3) is 0 Å². The molecular weight excluding hydrogens is 500 g/mol. The summed E-state index contributed by atoms with van der Waals surface area (Å²) in [6.07, 6.45) is 8.73. The summed E-state index contributed by atoms with van der Waals surface area (Å²) in [7, 11) is 0. The molecule has 4 aromatic rings. The molecule has 208 valence electrons. The quantitative estimate of drug-likeness (QED) is 0.239. The molecule has 1 aliphatic rings. The van der Waals surface area contributed by atoms with Crippen molar-refractivity contribution >= 4 is 22.9 Å². The second-order valence-electron chi connectivity index (χ2n) is 11.3. The van der Waals surface area contributed by atoms with Crippen LogP contribution in [0.1, 0.15) is 61.4 Å². The van der Waals surface area contributed by atoms with Crippen LogP contribution < -0.4 is 10.6 Å². The summed E-state index contributed by atoms with van der Waals surface area (Å²) >= 11 is 0. The Morgan fingerprint density at radius 1 is 1.02 bits per heavy atom. The highest BCUT2D eigenvalue weighted by atomic mass is 16.5. The fourth-order valence-corrected chi connectivity index (χ4v) is 5.93. The average molecular weight is 539 g/mol. The van der Waals surface area contributed by atoms with Crippen LogP contribution in [-0.2, 0) is 28.0 Å². The van der Waals surface area contributed by atoms with Crippen LogP contribution >= 0.6 is 0 Å². The molecule has 2 amide bonds. The third-order valence-electron chi connectivity index (χ3n) is 8.16. The minimum Gasteiger partial charge on any atom is -0.445 e. The number of carbonyl (C=O) groups is 2. The van der Waals surface area contributed by atoms with Crippen LogP contribution in [0.2, 0.25) is 0 Å². The summed E-state index contributed by atoms with van der Waals surface area (Å²) in [5.41, 5.74) is 3.47. The molecule has 1 atom stereocenters. The van der Waals surface area contributed by atoms with Gasteiger partial charge in [-0.05, 0) is 56.0 Å². The van der Waals surface area contributed by atoms with E-state index in [9.17, 15) is 9.59 Å². The van der Waals surface area contributed by atoms with E-state index in [4.69, 9.17) is 4.74 Å². The topological polar surface area (TPSA) is 96.1 Å². The molecule has 0 aliphatic heterocycles. The molecule has 2 heterocycles. The number of aryl methyl sites for hydroxylation is 1. The number of aromatic amines is 1. The van der Waals surface area contributed by atoms with Gasteiger partial charge in [-0.2, -0.15) is 0 Å². The van der Waals surface area contributed by atoms with Crippen molar-refractivity contribution in [2.24, 2.45) is 0 Å². The number of para-hydroxylation sites is 1. The third-order valence-corrected chi connectivity index (χ3v) is 8.16. The fourth-order valence-electron chi connectivity index (χ4n) is 5.93. The number of fused-ring (bicyclic) bond motifs is 1. The van der Waals surface area contributed by atoms with Gasteiger partial charge in [0.05, 0.1) is 0 Å². The number of alkyl carbamates (subject to hydrolysis) is 1. The van der Waals surface area contributed by atoms with Crippen molar-refractivity contribution in [3.63, 3.8) is 0 Å². The van der Waals surface area contributed by atoms with Crippen molar-refractivity contribution < 1.29 is 14.3 Å². The Balaban J connectivity index is 1.36. The van der Waals surface area contributed by atoms with E-state index in [0.717, 1.165) is 59.0 Å². The number of nitrogens with one attached hydrogen (secondary N) is 3. The highest BCUT2D eigenvalue weighted by Crippen LogP contribution is 2.38. The number of nitrogens with zero attached hydrogens (tertiary/aromatic N) is 1. The van der Waals surface area contributed by atoms with Gasteiger partial charge in [-0.25, -0.2) is 4.79 Å². The lowest BCUT2D eigenvalue weighted by Crippen LogP contribution is -2.59. The Kier molecular flexibility index (Phi) is 8.19. The SMILES string of the molecule is Cc1cccc(COC(=O)N[C@@](C)(Cc2c[nH]c3ccccc23)C(=O)NCC2(c3ccccn3)CCCCC2)c1. The largest absolute Gasteiger partial charge is 0.445 e. The maximum Gasteiger partial charge on any atom is 0.408 e. The van der Waals surface area contributed by atoms with Crippen LogP contribution in [0.4, 0.5) is 4.79 Å². The van der Waals surface area contributed by atoms with E-state index in [0.29, 0.717) is 13.0 Å². The van der Waals surface area contributed by atoms with E-state index in [2.05, 4.69) is 26.7 Å². The first kappa shape index (κ1) is 27.4. The highest BCUT2D eigenvalue weighted by Gasteiger charge is 2.40. The van der Waals surface area contributed by atoms with E-state index >= 15 is 0 Å². The van der Waals surface area contributed by atoms with E-state index < -0.39 is 11.6 Å². The lowest BCUT2D eigenvalue weighted by Gasteiger charge is -2.38. The first-order chi connectivity index (χ1) is 19.4. The molecule has 7 heteroatoms. The maximum absolute atomic E-state index is 14.0. The molecule has 3 N–H and O–H groups in total. The van der Waals surface area contributed by atoms with Crippen LogP contribution in [0.5, 0.6) is 0 Å². The molecule has 0 radical (unpaired) electrons. The number of H-pyrrole nitrogens is 1. The number of carbonyl (C=O) groups excluding carboxylic acids is 2. The van der Waals surface area contributed by atoms with Gasteiger partial charge in [0.15, 0.2) is 0 Å². The van der Waals surface area contributed by atoms with Gasteiger partial charge in [-0.1, -0.05) is 73.4 Å². The highest BCUT2D eigenvalue weighted by molar-refractivity contribution is 5.91. The zero-order valence-electron chi connectivity index (χ0n) is 23.3. The van der Waals surface area contributed by atoms with Gasteiger partial charge < -0.3 is 20.4 Å². The lowest BCUT2D eigenvalue weighted by molar-refractivity contribution is -0.127. The molecule has 1 aliphatic carbocycles. The molecule has 1 saturated carbocycles. The van der Waals surface area contributed by atoms with Crippen LogP contribution in [0.15, 0.2) is 79.1 Å². The molecule has 0 spiro atoms. The Morgan fingerprint density at radius 3 is 2.60 bits per heavy atom. The summed E-state index contributed by atoms with van der Waals surface area (Å²) in [6.45, 7) is 4.36. The molecule has 2 aromatic heterocycles. The minimum atomic E-state index is -1.24. The number of hydrogen-bond acceptors (Lipinski definition) is 4. The molecule has 1 fully saturated rings. The molecule has 0 unspecified atom stereocenters. The van der Waals surface area contributed by atoms with E-state index in [-0.39, 0.29) is 17.9 Å². The standard InChI is InChI=1S/C33H38N4O3/c1-24-11-10-12-25(19-24)22-40-31(39)37-32(2,20-26-21-35-28-14-5-4-13-27(26)28)30(38)36-23-33(16-7-3-8-17-33)29-15-6-9-18-34-29/h4-6,9-15,18-19,21,35H,3,7-8,16-17,20,22-23H2,1-2H3,(H,36,38)(H,37,39)/t32-/m0/s1. The fraction of sp³-hybridized carbons (Fsp3) is 0.364. The zero-order valence-corrected chi connectivity index (χ0v) is 23.3. The summed E-state index contributed by atoms with van der Waals surface area (Å²) in [6, 6.07) is 21.8. The summed E-state index contributed by atoms with van der Waals surface area (Å²) < 4.78 is 5.57. The van der Waals surface area contributed by atoms with Gasteiger partial charge >= 0.3 is 6.09 Å². The van der Waals surface area contributed by atoms with E-state index in [1.54, 1.807) is 6.92 Å². The van der Waals surface area contributed by atoms with Crippen LogP contribution in [0.3, 0.4) is 0 Å². The van der Waals surface area contributed by atoms with Crippen molar-refractivity contribution in [2.75, 3.05) is 6.54 Å². The Labute approximate surface area is 235 Å². The molecule has 0 saturated heterocycles. The number of benzene rings is 2. The van der Waals surface area contributed by atoms with Gasteiger partial charge in [0, 0.05) is 47.4 Å². The number of amides is 2. The third kappa shape index (κ3) is 6.19. The lowest BCUT2D eigenvalue weighted by atomic mass is 9.71. The first-order valence-corrected chi connectivity index (χ1v) is 14.1. The first-order valence-electron chi connectivity index (χ1n) is 14.1. The summed E-state index contributed by atoms with van der Waals surface area (Å²) in [5, 5.41) is 7.16. The molecule has 2 aromatic carbocycles. The zero-order chi connectivity index (χ0) is 28.0. The number of pyridine rings is 1. The van der Waals surface area contributed by atoms with Crippen molar-refractivity contribution in [3.05, 3.63) is 102 Å². The Hall–Kier alpha value is -4.13. The van der Waals surface area contributed by atoms with Crippen molar-refractivity contribution in [3.8, 4) is 0 Å². The minimum absolute atomic E-state index is 0.126. The Morgan fingerprint density at radius 2 is 1.82 bits per heavy atom. The molecule has 40 heavy (non-hydrogen) atoms. The number of rotatable bonds is 9. The second kappa shape index (κ2) is 11.9. The molecular formula is C33H38N4O3. The maximum atomic E-state index is 14.0. The van der Waals surface area contributed by atoms with Crippen LogP contribution in [0, 0.1) is 6.92 Å². The number of aromatic nitrogens is 2. The average Bonchev–Trinajstić information content (AvgIpc) is 3.38. The van der Waals surface area contributed by atoms with Crippen molar-refractivity contribution in [1.82, 2.24) is 20.6 Å². The number of ether oxygens (including phenoxy) is 1. The van der Waals surface area contributed by atoms with Crippen molar-refractivity contribution in [1.29, 1.82) is 0 Å². The summed E-state index contributed by atoms with van der Waals surface area (Å²) in [4.78, 5) is 35.0. The van der Waals surface area contributed by atoms with E-state index in [1.807, 2.05) is 80.0 Å². The van der Waals surface area contributed by atoms with Crippen LogP contribution in [0.25, 0.3) is 10.9 Å². The van der Waals surface area contributed by atoms with Crippen LogP contribution in [-0.4, -0.2) is 34.1 Å². The number of hydrogen-bond donors (Lipinski definition) is 3. The van der Waals surface area contributed by atoms with Gasteiger partial charge in [0.1, 0.15) is 12.1 Å². The molecule has 5 rings (SSSR count). The second-order valence-corrected chi connectivity index (χ2v) is 11.3. The molecule has 7 nitrogen and oxygen atoms in total. The monoisotopic (exact) mass is 538 g/mol.